The molecule has 1 saturated carbocycles. The molecule has 1 N–H and O–H groups in total. The van der Waals surface area contributed by atoms with Gasteiger partial charge in [-0.15, -0.1) is 0 Å². The molecule has 0 aromatic heterocycles. The van der Waals surface area contributed by atoms with Crippen molar-refractivity contribution < 1.29 is 14.2 Å². The summed E-state index contributed by atoms with van der Waals surface area (Å²) in [5.74, 6) is 1.61. The first-order valence-corrected chi connectivity index (χ1v) is 8.48. The van der Waals surface area contributed by atoms with Gasteiger partial charge in [0.1, 0.15) is 6.10 Å². The fourth-order valence-electron chi connectivity index (χ4n) is 2.42. The second kappa shape index (κ2) is 6.99. The Kier molecular flexibility index (Phi) is 5.03. The molecule has 116 valence electrons. The van der Waals surface area contributed by atoms with Crippen LogP contribution in [0, 0.1) is 0 Å². The predicted octanol–water partition coefficient (Wildman–Crippen LogP) is 3.27. The van der Waals surface area contributed by atoms with Crippen molar-refractivity contribution in [2.45, 2.75) is 44.9 Å². The molecule has 2 fully saturated rings. The molecule has 0 radical (unpaired) electrons. The normalized spacial score (nSPS) is 21.5. The minimum atomic E-state index is 0.121. The molecule has 2 aliphatic rings. The molecule has 5 heteroatoms. The van der Waals surface area contributed by atoms with E-state index in [1.807, 2.05) is 6.92 Å². The van der Waals surface area contributed by atoms with Crippen molar-refractivity contribution in [1.82, 2.24) is 5.32 Å². The van der Waals surface area contributed by atoms with E-state index in [-0.39, 0.29) is 6.10 Å². The highest BCUT2D eigenvalue weighted by molar-refractivity contribution is 9.10. The number of halogens is 1. The number of rotatable bonds is 7. The summed E-state index contributed by atoms with van der Waals surface area (Å²) in [6.07, 6.45) is 3.64. The quantitative estimate of drug-likeness (QED) is 0.814. The molecule has 1 atom stereocenters. The van der Waals surface area contributed by atoms with Gasteiger partial charge < -0.3 is 19.5 Å². The van der Waals surface area contributed by atoms with E-state index < -0.39 is 0 Å². The lowest BCUT2D eigenvalue weighted by Gasteiger charge is -2.18. The van der Waals surface area contributed by atoms with Crippen LogP contribution in [-0.2, 0) is 11.3 Å². The van der Waals surface area contributed by atoms with E-state index in [2.05, 4.69) is 33.4 Å². The third kappa shape index (κ3) is 4.11. The van der Waals surface area contributed by atoms with Gasteiger partial charge in [0.25, 0.3) is 0 Å². The SMILES string of the molecule is CCOc1cc(CNC2CC2)cc(Br)c1OC1CCOC1. The smallest absolute Gasteiger partial charge is 0.175 e. The van der Waals surface area contributed by atoms with E-state index in [0.29, 0.717) is 19.3 Å². The molecule has 0 spiro atoms. The Morgan fingerprint density at radius 3 is 2.86 bits per heavy atom. The topological polar surface area (TPSA) is 39.7 Å². The van der Waals surface area contributed by atoms with Gasteiger partial charge in [-0.3, -0.25) is 0 Å². The highest BCUT2D eigenvalue weighted by Crippen LogP contribution is 2.38. The van der Waals surface area contributed by atoms with Crippen LogP contribution >= 0.6 is 15.9 Å². The van der Waals surface area contributed by atoms with Gasteiger partial charge in [-0.2, -0.15) is 0 Å². The molecule has 1 aliphatic heterocycles. The molecule has 0 bridgehead atoms. The number of hydrogen-bond acceptors (Lipinski definition) is 4. The van der Waals surface area contributed by atoms with Crippen molar-refractivity contribution in [2.75, 3.05) is 19.8 Å². The highest BCUT2D eigenvalue weighted by atomic mass is 79.9. The molecular weight excluding hydrogens is 334 g/mol. The number of ether oxygens (including phenoxy) is 3. The highest BCUT2D eigenvalue weighted by Gasteiger charge is 2.23. The zero-order valence-corrected chi connectivity index (χ0v) is 13.9. The molecule has 0 amide bonds. The van der Waals surface area contributed by atoms with Crippen LogP contribution in [0.3, 0.4) is 0 Å². The Hall–Kier alpha value is -0.780. The first kappa shape index (κ1) is 15.1. The van der Waals surface area contributed by atoms with E-state index in [0.717, 1.165) is 35.5 Å². The van der Waals surface area contributed by atoms with E-state index in [1.165, 1.54) is 18.4 Å². The summed E-state index contributed by atoms with van der Waals surface area (Å²) in [5.41, 5.74) is 1.22. The zero-order valence-electron chi connectivity index (χ0n) is 12.4. The average Bonchev–Trinajstić information content (AvgIpc) is 3.16. The van der Waals surface area contributed by atoms with Crippen LogP contribution in [-0.4, -0.2) is 32.0 Å². The molecular formula is C16H22BrNO3. The van der Waals surface area contributed by atoms with Gasteiger partial charge >= 0.3 is 0 Å². The van der Waals surface area contributed by atoms with E-state index in [9.17, 15) is 0 Å². The number of nitrogens with one attached hydrogen (secondary N) is 1. The molecule has 1 aromatic carbocycles. The Bertz CT molecular complexity index is 485. The molecule has 1 unspecified atom stereocenters. The van der Waals surface area contributed by atoms with Gasteiger partial charge in [0.2, 0.25) is 0 Å². The van der Waals surface area contributed by atoms with Crippen LogP contribution in [0.1, 0.15) is 31.7 Å². The fraction of sp³-hybridized carbons (Fsp3) is 0.625. The Balaban J connectivity index is 1.75. The summed E-state index contributed by atoms with van der Waals surface area (Å²) >= 11 is 3.62. The molecule has 1 aromatic rings. The van der Waals surface area contributed by atoms with E-state index >= 15 is 0 Å². The minimum Gasteiger partial charge on any atom is -0.490 e. The molecule has 1 heterocycles. The third-order valence-electron chi connectivity index (χ3n) is 3.71. The molecule has 1 saturated heterocycles. The van der Waals surface area contributed by atoms with Crippen molar-refractivity contribution in [1.29, 1.82) is 0 Å². The van der Waals surface area contributed by atoms with Crippen LogP contribution < -0.4 is 14.8 Å². The fourth-order valence-corrected chi connectivity index (χ4v) is 3.01. The summed E-state index contributed by atoms with van der Waals surface area (Å²) in [5, 5.41) is 3.52. The molecule has 21 heavy (non-hydrogen) atoms. The van der Waals surface area contributed by atoms with Gasteiger partial charge in [-0.25, -0.2) is 0 Å². The van der Waals surface area contributed by atoms with Gasteiger partial charge in [0.05, 0.1) is 24.3 Å². The maximum Gasteiger partial charge on any atom is 0.175 e. The summed E-state index contributed by atoms with van der Waals surface area (Å²) in [6.45, 7) is 4.92. The lowest BCUT2D eigenvalue weighted by atomic mass is 10.2. The summed E-state index contributed by atoms with van der Waals surface area (Å²) in [7, 11) is 0. The lowest BCUT2D eigenvalue weighted by Crippen LogP contribution is -2.18. The van der Waals surface area contributed by atoms with Crippen molar-refractivity contribution >= 4 is 15.9 Å². The standard InChI is InChI=1S/C16H22BrNO3/c1-2-20-15-8-11(9-18-12-3-4-12)7-14(17)16(15)21-13-5-6-19-10-13/h7-8,12-13,18H,2-6,9-10H2,1H3. The van der Waals surface area contributed by atoms with Gasteiger partial charge in [0, 0.05) is 19.0 Å². The van der Waals surface area contributed by atoms with E-state index in [4.69, 9.17) is 14.2 Å². The van der Waals surface area contributed by atoms with Crippen LogP contribution in [0.4, 0.5) is 0 Å². The predicted molar refractivity (Wildman–Crippen MR) is 85.0 cm³/mol. The molecule has 3 rings (SSSR count). The second-order valence-corrected chi connectivity index (χ2v) is 6.45. The van der Waals surface area contributed by atoms with Gasteiger partial charge in [-0.1, -0.05) is 0 Å². The minimum absolute atomic E-state index is 0.121. The third-order valence-corrected chi connectivity index (χ3v) is 4.30. The number of hydrogen-bond donors (Lipinski definition) is 1. The zero-order chi connectivity index (χ0) is 14.7. The summed E-state index contributed by atoms with van der Waals surface area (Å²) in [6, 6.07) is 4.89. The first-order valence-electron chi connectivity index (χ1n) is 7.69. The second-order valence-electron chi connectivity index (χ2n) is 5.60. The van der Waals surface area contributed by atoms with Crippen LogP contribution in [0.25, 0.3) is 0 Å². The first-order chi connectivity index (χ1) is 10.3. The lowest BCUT2D eigenvalue weighted by molar-refractivity contribution is 0.137. The van der Waals surface area contributed by atoms with Crippen molar-refractivity contribution in [3.8, 4) is 11.5 Å². The van der Waals surface area contributed by atoms with Crippen LogP contribution in [0.5, 0.6) is 11.5 Å². The van der Waals surface area contributed by atoms with Gasteiger partial charge in [0.15, 0.2) is 11.5 Å². The largest absolute Gasteiger partial charge is 0.490 e. The van der Waals surface area contributed by atoms with Crippen LogP contribution in [0.15, 0.2) is 16.6 Å². The van der Waals surface area contributed by atoms with Crippen LogP contribution in [0.2, 0.25) is 0 Å². The van der Waals surface area contributed by atoms with E-state index in [1.54, 1.807) is 0 Å². The average molecular weight is 356 g/mol. The van der Waals surface area contributed by atoms with Crippen molar-refractivity contribution in [2.24, 2.45) is 0 Å². The Labute approximate surface area is 134 Å². The van der Waals surface area contributed by atoms with Crippen molar-refractivity contribution in [3.05, 3.63) is 22.2 Å². The van der Waals surface area contributed by atoms with Gasteiger partial charge in [-0.05, 0) is 53.4 Å². The summed E-state index contributed by atoms with van der Waals surface area (Å²) < 4.78 is 18.2. The number of benzene rings is 1. The molecule has 4 nitrogen and oxygen atoms in total. The summed E-state index contributed by atoms with van der Waals surface area (Å²) in [4.78, 5) is 0. The monoisotopic (exact) mass is 355 g/mol. The Morgan fingerprint density at radius 2 is 2.19 bits per heavy atom. The maximum absolute atomic E-state index is 6.07. The molecule has 1 aliphatic carbocycles. The maximum atomic E-state index is 6.07. The van der Waals surface area contributed by atoms with Crippen molar-refractivity contribution in [3.63, 3.8) is 0 Å². The Morgan fingerprint density at radius 1 is 1.33 bits per heavy atom.